The van der Waals surface area contributed by atoms with Crippen LogP contribution in [0.2, 0.25) is 0 Å². The predicted octanol–water partition coefficient (Wildman–Crippen LogP) is 8.24. The summed E-state index contributed by atoms with van der Waals surface area (Å²) < 4.78 is 23.3. The third-order valence-electron chi connectivity index (χ3n) is 7.42. The Morgan fingerprint density at radius 1 is 0.767 bits per heavy atom. The summed E-state index contributed by atoms with van der Waals surface area (Å²) in [7, 11) is 1.56. The highest BCUT2D eigenvalue weighted by Gasteiger charge is 2.27. The van der Waals surface area contributed by atoms with Gasteiger partial charge >= 0.3 is 7.82 Å². The van der Waals surface area contributed by atoms with Gasteiger partial charge in [0.05, 0.1) is 39.9 Å². The Morgan fingerprint density at radius 2 is 1.26 bits per heavy atom. The number of allylic oxidation sites excluding steroid dienone is 3. The topological polar surface area (TPSA) is 105 Å². The molecule has 0 saturated heterocycles. The number of hydrogen-bond donors (Lipinski definition) is 3. The molecule has 0 bridgehead atoms. The fourth-order valence-electron chi connectivity index (χ4n) is 4.56. The summed E-state index contributed by atoms with van der Waals surface area (Å²) in [6.45, 7) is 4.70. The van der Waals surface area contributed by atoms with E-state index < -0.39 is 20.0 Å². The number of quaternary nitrogens is 1. The highest BCUT2D eigenvalue weighted by molar-refractivity contribution is 7.47. The monoisotopic (exact) mass is 631 g/mol. The van der Waals surface area contributed by atoms with Crippen molar-refractivity contribution in [3.05, 3.63) is 24.3 Å². The molecule has 0 saturated carbocycles. The number of nitrogens with one attached hydrogen (secondary N) is 1. The normalized spacial score (nSPS) is 15.2. The number of hydrogen-bond acceptors (Lipinski definition) is 5. The number of rotatable bonds is 30. The number of aliphatic hydroxyl groups is 1. The average Bonchev–Trinajstić information content (AvgIpc) is 2.94. The molecule has 1 amide bonds. The van der Waals surface area contributed by atoms with Gasteiger partial charge in [0.15, 0.2) is 0 Å². The zero-order chi connectivity index (χ0) is 32.2. The Bertz CT molecular complexity index is 768. The molecular formula is C34H68N2O6P+. The van der Waals surface area contributed by atoms with Gasteiger partial charge < -0.3 is 19.8 Å². The molecule has 0 aromatic rings. The molecule has 0 aliphatic heterocycles. The van der Waals surface area contributed by atoms with Gasteiger partial charge in [0, 0.05) is 6.42 Å². The van der Waals surface area contributed by atoms with Crippen molar-refractivity contribution in [3.8, 4) is 0 Å². The molecule has 0 rings (SSSR count). The van der Waals surface area contributed by atoms with Gasteiger partial charge in [-0.15, -0.1) is 0 Å². The summed E-state index contributed by atoms with van der Waals surface area (Å²) in [6.07, 6.45) is 28.2. The van der Waals surface area contributed by atoms with Gasteiger partial charge in [-0.05, 0) is 44.9 Å². The number of likely N-dealkylation sites (N-methyl/N-ethyl adjacent to an activating group) is 1. The molecule has 0 aliphatic rings. The van der Waals surface area contributed by atoms with Crippen LogP contribution >= 0.6 is 7.82 Å². The van der Waals surface area contributed by atoms with E-state index in [2.05, 4.69) is 31.3 Å². The third kappa shape index (κ3) is 29.5. The van der Waals surface area contributed by atoms with Gasteiger partial charge in [-0.2, -0.15) is 0 Å². The molecule has 0 aromatic carbocycles. The van der Waals surface area contributed by atoms with Crippen LogP contribution in [-0.4, -0.2) is 73.4 Å². The van der Waals surface area contributed by atoms with E-state index in [1.165, 1.54) is 64.2 Å². The fraction of sp³-hybridized carbons (Fsp3) is 0.853. The highest BCUT2D eigenvalue weighted by atomic mass is 31.2. The number of carbonyl (C=O) groups excluding carboxylic acids is 1. The van der Waals surface area contributed by atoms with E-state index in [0.717, 1.165) is 51.4 Å². The Hall–Kier alpha value is -1.02. The van der Waals surface area contributed by atoms with Gasteiger partial charge in [-0.1, -0.05) is 109 Å². The van der Waals surface area contributed by atoms with Crippen molar-refractivity contribution in [1.82, 2.24) is 5.32 Å². The summed E-state index contributed by atoms with van der Waals surface area (Å²) >= 11 is 0. The Labute approximate surface area is 264 Å². The molecule has 0 aromatic heterocycles. The van der Waals surface area contributed by atoms with E-state index in [1.807, 2.05) is 27.2 Å². The maximum absolute atomic E-state index is 12.7. The van der Waals surface area contributed by atoms with Crippen molar-refractivity contribution in [2.24, 2.45) is 0 Å². The van der Waals surface area contributed by atoms with Gasteiger partial charge in [0.25, 0.3) is 0 Å². The number of phosphoric ester groups is 1. The first-order valence-electron chi connectivity index (χ1n) is 17.2. The fourth-order valence-corrected chi connectivity index (χ4v) is 5.30. The van der Waals surface area contributed by atoms with Crippen LogP contribution in [0, 0.1) is 0 Å². The molecular weight excluding hydrogens is 563 g/mol. The van der Waals surface area contributed by atoms with Gasteiger partial charge in [0.2, 0.25) is 5.91 Å². The quantitative estimate of drug-likeness (QED) is 0.0319. The number of nitrogens with zero attached hydrogens (tertiary/aromatic N) is 1. The number of unbranched alkanes of at least 4 members (excludes halogenated alkanes) is 15. The molecule has 0 heterocycles. The van der Waals surface area contributed by atoms with Crippen LogP contribution < -0.4 is 5.32 Å². The second-order valence-electron chi connectivity index (χ2n) is 12.9. The molecule has 0 fully saturated rings. The summed E-state index contributed by atoms with van der Waals surface area (Å²) in [6, 6.07) is -0.843. The van der Waals surface area contributed by atoms with Gasteiger partial charge in [0.1, 0.15) is 13.2 Å². The third-order valence-corrected chi connectivity index (χ3v) is 8.40. The van der Waals surface area contributed by atoms with Crippen molar-refractivity contribution >= 4 is 13.7 Å². The second-order valence-corrected chi connectivity index (χ2v) is 14.3. The molecule has 9 heteroatoms. The Balaban J connectivity index is 4.51. The molecule has 8 nitrogen and oxygen atoms in total. The average molecular weight is 632 g/mol. The lowest BCUT2D eigenvalue weighted by atomic mass is 10.1. The van der Waals surface area contributed by atoms with E-state index in [-0.39, 0.29) is 19.1 Å². The molecule has 0 spiro atoms. The SMILES string of the molecule is CCCCCCC/C=C\CCCCCCCC(=O)NC(COP(=O)(O)OCC[N+](C)(C)C)C(O)/C=C/CCCCCCC. The molecule has 0 aliphatic carbocycles. The molecule has 0 radical (unpaired) electrons. The van der Waals surface area contributed by atoms with E-state index in [1.54, 1.807) is 6.08 Å². The van der Waals surface area contributed by atoms with Crippen LogP contribution in [0.15, 0.2) is 24.3 Å². The van der Waals surface area contributed by atoms with Crippen molar-refractivity contribution in [3.63, 3.8) is 0 Å². The number of phosphoric acid groups is 1. The maximum Gasteiger partial charge on any atom is 0.472 e. The second kappa shape index (κ2) is 27.3. The Kier molecular flexibility index (Phi) is 26.7. The van der Waals surface area contributed by atoms with E-state index >= 15 is 0 Å². The minimum Gasteiger partial charge on any atom is -0.387 e. The first kappa shape index (κ1) is 42.0. The molecule has 254 valence electrons. The van der Waals surface area contributed by atoms with Gasteiger partial charge in [-0.25, -0.2) is 4.57 Å². The standard InChI is InChI=1S/C34H67N2O6P/c1-6-8-10-12-14-15-16-17-18-19-20-22-24-26-28-34(38)35-32(33(37)27-25-23-21-13-11-9-7-2)31-42-43(39,40)41-30-29-36(3,4)5/h16-17,25,27,32-33,37H,6-15,18-24,26,28-31H2,1-5H3,(H-,35,38,39,40)/p+1/b17-16-,27-25+. The number of aliphatic hydroxyl groups excluding tert-OH is 1. The van der Waals surface area contributed by atoms with Crippen LogP contribution in [-0.2, 0) is 18.4 Å². The summed E-state index contributed by atoms with van der Waals surface area (Å²) in [5.41, 5.74) is 0. The van der Waals surface area contributed by atoms with E-state index in [9.17, 15) is 19.4 Å². The molecule has 3 atom stereocenters. The molecule has 43 heavy (non-hydrogen) atoms. The first-order chi connectivity index (χ1) is 20.5. The van der Waals surface area contributed by atoms with Crippen molar-refractivity contribution in [2.75, 3.05) is 40.9 Å². The van der Waals surface area contributed by atoms with Crippen LogP contribution in [0.25, 0.3) is 0 Å². The maximum atomic E-state index is 12.7. The van der Waals surface area contributed by atoms with Crippen LogP contribution in [0.3, 0.4) is 0 Å². The predicted molar refractivity (Wildman–Crippen MR) is 180 cm³/mol. The Morgan fingerprint density at radius 3 is 1.79 bits per heavy atom. The largest absolute Gasteiger partial charge is 0.472 e. The highest BCUT2D eigenvalue weighted by Crippen LogP contribution is 2.43. The summed E-state index contributed by atoms with van der Waals surface area (Å²) in [5.74, 6) is -0.193. The summed E-state index contributed by atoms with van der Waals surface area (Å²) in [4.78, 5) is 22.8. The van der Waals surface area contributed by atoms with Crippen molar-refractivity contribution in [1.29, 1.82) is 0 Å². The van der Waals surface area contributed by atoms with Gasteiger partial charge in [-0.3, -0.25) is 13.8 Å². The van der Waals surface area contributed by atoms with Crippen LogP contribution in [0.4, 0.5) is 0 Å². The lowest BCUT2D eigenvalue weighted by molar-refractivity contribution is -0.870. The van der Waals surface area contributed by atoms with Crippen LogP contribution in [0.5, 0.6) is 0 Å². The minimum absolute atomic E-state index is 0.0597. The summed E-state index contributed by atoms with van der Waals surface area (Å²) in [5, 5.41) is 13.6. The zero-order valence-corrected chi connectivity index (χ0v) is 29.3. The minimum atomic E-state index is -4.32. The smallest absolute Gasteiger partial charge is 0.387 e. The molecule has 3 unspecified atom stereocenters. The lowest BCUT2D eigenvalue weighted by Gasteiger charge is -2.25. The number of amides is 1. The van der Waals surface area contributed by atoms with Crippen LogP contribution in [0.1, 0.15) is 136 Å². The number of carbonyl (C=O) groups is 1. The first-order valence-corrected chi connectivity index (χ1v) is 18.7. The lowest BCUT2D eigenvalue weighted by Crippen LogP contribution is -2.45. The molecule has 3 N–H and O–H groups in total. The van der Waals surface area contributed by atoms with Crippen molar-refractivity contribution < 1.29 is 32.9 Å². The van der Waals surface area contributed by atoms with Crippen molar-refractivity contribution in [2.45, 2.75) is 148 Å². The van der Waals surface area contributed by atoms with E-state index in [4.69, 9.17) is 9.05 Å². The van der Waals surface area contributed by atoms with E-state index in [0.29, 0.717) is 17.4 Å². The zero-order valence-electron chi connectivity index (χ0n) is 28.4.